The number of fused-ring (bicyclic) bond motifs is 1. The van der Waals surface area contributed by atoms with E-state index in [0.717, 1.165) is 11.1 Å². The average molecular weight is 397 g/mol. The van der Waals surface area contributed by atoms with Crippen molar-refractivity contribution in [3.63, 3.8) is 0 Å². The lowest BCUT2D eigenvalue weighted by Crippen LogP contribution is -2.39. The Morgan fingerprint density at radius 1 is 1.14 bits per heavy atom. The van der Waals surface area contributed by atoms with Gasteiger partial charge in [0.2, 0.25) is 0 Å². The first kappa shape index (κ1) is 20.4. The van der Waals surface area contributed by atoms with E-state index in [1.165, 1.54) is 4.90 Å². The molecule has 2 aromatic rings. The zero-order valence-electron chi connectivity index (χ0n) is 16.4. The van der Waals surface area contributed by atoms with Crippen molar-refractivity contribution in [2.45, 2.75) is 26.7 Å². The lowest BCUT2D eigenvalue weighted by Gasteiger charge is -2.29. The van der Waals surface area contributed by atoms with Crippen LogP contribution in [0.2, 0.25) is 0 Å². The number of amides is 1. The Morgan fingerprint density at radius 3 is 2.66 bits per heavy atom. The Kier molecular flexibility index (Phi) is 6.16. The number of rotatable bonds is 8. The Bertz CT molecular complexity index is 952. The fourth-order valence-corrected chi connectivity index (χ4v) is 3.05. The van der Waals surface area contributed by atoms with E-state index in [0.29, 0.717) is 29.2 Å². The van der Waals surface area contributed by atoms with E-state index in [4.69, 9.17) is 14.6 Å². The minimum Gasteiger partial charge on any atom is -0.485 e. The second-order valence-corrected chi connectivity index (χ2v) is 6.97. The lowest BCUT2D eigenvalue weighted by molar-refractivity contribution is -0.137. The van der Waals surface area contributed by atoms with Crippen molar-refractivity contribution in [3.05, 3.63) is 53.1 Å². The van der Waals surface area contributed by atoms with Gasteiger partial charge < -0.3 is 19.5 Å². The Morgan fingerprint density at radius 2 is 1.93 bits per heavy atom. The van der Waals surface area contributed by atoms with Gasteiger partial charge in [0.1, 0.15) is 11.5 Å². The quantitative estimate of drug-likeness (QED) is 0.688. The van der Waals surface area contributed by atoms with Gasteiger partial charge in [-0.1, -0.05) is 6.07 Å². The summed E-state index contributed by atoms with van der Waals surface area (Å²) in [6.45, 7) is 3.99. The van der Waals surface area contributed by atoms with Gasteiger partial charge in [0.15, 0.2) is 19.0 Å². The van der Waals surface area contributed by atoms with Crippen LogP contribution in [0.15, 0.2) is 36.4 Å². The normalized spacial score (nSPS) is 12.9. The fourth-order valence-electron chi connectivity index (χ4n) is 3.05. The summed E-state index contributed by atoms with van der Waals surface area (Å²) in [7, 11) is 0. The lowest BCUT2D eigenvalue weighted by atomic mass is 10.1. The molecule has 0 aliphatic carbocycles. The molecule has 0 radical (unpaired) electrons. The van der Waals surface area contributed by atoms with Crippen LogP contribution in [-0.2, 0) is 9.59 Å². The SMILES string of the molecule is Cc1ccc(OCC(=O)c2ccc3c(c2)N(CCCC(=O)O)C(=O)CO3)cc1C. The molecule has 1 heterocycles. The fraction of sp³-hybridized carbons (Fsp3) is 0.318. The number of carboxylic acid groups (broad SMARTS) is 1. The van der Waals surface area contributed by atoms with Crippen molar-refractivity contribution in [2.24, 2.45) is 0 Å². The number of ketones is 1. The van der Waals surface area contributed by atoms with E-state index in [1.807, 2.05) is 32.0 Å². The molecule has 1 N–H and O–H groups in total. The van der Waals surface area contributed by atoms with Crippen LogP contribution >= 0.6 is 0 Å². The smallest absolute Gasteiger partial charge is 0.303 e. The number of hydrogen-bond acceptors (Lipinski definition) is 5. The molecule has 0 bridgehead atoms. The number of carbonyl (C=O) groups excluding carboxylic acids is 2. The molecule has 0 saturated heterocycles. The molecule has 0 atom stereocenters. The standard InChI is InChI=1S/C22H23NO6/c1-14-5-7-17(10-15(14)2)28-12-19(24)16-6-8-20-18(11-16)23(21(25)13-29-20)9-3-4-22(26)27/h5-8,10-11H,3-4,9,12-13H2,1-2H3,(H,26,27). The predicted octanol–water partition coefficient (Wildman–Crippen LogP) is 3.16. The van der Waals surface area contributed by atoms with Gasteiger partial charge in [0.05, 0.1) is 5.69 Å². The summed E-state index contributed by atoms with van der Waals surface area (Å²) in [5.74, 6) is -0.300. The third-order valence-corrected chi connectivity index (χ3v) is 4.84. The van der Waals surface area contributed by atoms with Crippen molar-refractivity contribution in [3.8, 4) is 11.5 Å². The molecule has 3 rings (SSSR count). The van der Waals surface area contributed by atoms with Crippen LogP contribution in [-0.4, -0.2) is 42.5 Å². The molecule has 1 aliphatic rings. The first-order valence-electron chi connectivity index (χ1n) is 9.37. The van der Waals surface area contributed by atoms with Gasteiger partial charge in [-0.15, -0.1) is 0 Å². The second-order valence-electron chi connectivity index (χ2n) is 6.97. The molecule has 0 aromatic heterocycles. The molecule has 29 heavy (non-hydrogen) atoms. The largest absolute Gasteiger partial charge is 0.485 e. The minimum absolute atomic E-state index is 0.0393. The average Bonchev–Trinajstić information content (AvgIpc) is 2.69. The predicted molar refractivity (Wildman–Crippen MR) is 107 cm³/mol. The van der Waals surface area contributed by atoms with Crippen LogP contribution in [0, 0.1) is 13.8 Å². The summed E-state index contributed by atoms with van der Waals surface area (Å²) < 4.78 is 11.0. The van der Waals surface area contributed by atoms with Gasteiger partial charge in [-0.05, 0) is 61.7 Å². The summed E-state index contributed by atoms with van der Waals surface area (Å²) in [5, 5.41) is 8.82. The van der Waals surface area contributed by atoms with Gasteiger partial charge in [0, 0.05) is 18.5 Å². The molecule has 0 spiro atoms. The number of anilines is 1. The highest BCUT2D eigenvalue weighted by Crippen LogP contribution is 2.33. The Hall–Kier alpha value is -3.35. The summed E-state index contributed by atoms with van der Waals surface area (Å²) in [6, 6.07) is 10.5. The van der Waals surface area contributed by atoms with E-state index in [2.05, 4.69) is 0 Å². The topological polar surface area (TPSA) is 93.1 Å². The van der Waals surface area contributed by atoms with Crippen LogP contribution in [0.4, 0.5) is 5.69 Å². The zero-order valence-corrected chi connectivity index (χ0v) is 16.4. The Balaban J connectivity index is 1.72. The molecular formula is C22H23NO6. The molecule has 0 fully saturated rings. The maximum atomic E-state index is 12.6. The number of ether oxygens (including phenoxy) is 2. The summed E-state index contributed by atoms with van der Waals surface area (Å²) in [4.78, 5) is 37.1. The molecule has 7 nitrogen and oxygen atoms in total. The first-order chi connectivity index (χ1) is 13.8. The van der Waals surface area contributed by atoms with E-state index in [1.54, 1.807) is 18.2 Å². The number of hydrogen-bond donors (Lipinski definition) is 1. The monoisotopic (exact) mass is 397 g/mol. The number of Topliss-reactive ketones (excluding diaryl/α,β-unsaturated/α-hetero) is 1. The van der Waals surface area contributed by atoms with Crippen molar-refractivity contribution in [1.82, 2.24) is 0 Å². The van der Waals surface area contributed by atoms with Crippen molar-refractivity contribution >= 4 is 23.3 Å². The van der Waals surface area contributed by atoms with Gasteiger partial charge in [-0.3, -0.25) is 14.4 Å². The first-order valence-corrected chi connectivity index (χ1v) is 9.37. The molecule has 0 saturated carbocycles. The van der Waals surface area contributed by atoms with Gasteiger partial charge in [0.25, 0.3) is 5.91 Å². The summed E-state index contributed by atoms with van der Waals surface area (Å²) in [5.41, 5.74) is 3.10. The van der Waals surface area contributed by atoms with E-state index < -0.39 is 5.97 Å². The highest BCUT2D eigenvalue weighted by Gasteiger charge is 2.26. The molecule has 152 valence electrons. The van der Waals surface area contributed by atoms with Gasteiger partial charge in [-0.25, -0.2) is 0 Å². The third-order valence-electron chi connectivity index (χ3n) is 4.84. The third kappa shape index (κ3) is 4.93. The van der Waals surface area contributed by atoms with Crippen molar-refractivity contribution in [2.75, 3.05) is 24.7 Å². The van der Waals surface area contributed by atoms with Gasteiger partial charge in [-0.2, -0.15) is 0 Å². The maximum absolute atomic E-state index is 12.6. The number of carbonyl (C=O) groups is 3. The molecule has 1 amide bonds. The van der Waals surface area contributed by atoms with Crippen LogP contribution < -0.4 is 14.4 Å². The Labute approximate surface area is 168 Å². The number of aliphatic carboxylic acids is 1. The number of carboxylic acids is 1. The van der Waals surface area contributed by atoms with Crippen LogP contribution in [0.1, 0.15) is 34.3 Å². The molecule has 0 unspecified atom stereocenters. The van der Waals surface area contributed by atoms with Gasteiger partial charge >= 0.3 is 5.97 Å². The molecule has 1 aliphatic heterocycles. The molecule has 7 heteroatoms. The van der Waals surface area contributed by atoms with Crippen LogP contribution in [0.25, 0.3) is 0 Å². The van der Waals surface area contributed by atoms with E-state index in [-0.39, 0.29) is 37.9 Å². The second kappa shape index (κ2) is 8.77. The minimum atomic E-state index is -0.918. The van der Waals surface area contributed by atoms with Crippen molar-refractivity contribution in [1.29, 1.82) is 0 Å². The number of aryl methyl sites for hydroxylation is 2. The van der Waals surface area contributed by atoms with Crippen LogP contribution in [0.5, 0.6) is 11.5 Å². The van der Waals surface area contributed by atoms with Crippen LogP contribution in [0.3, 0.4) is 0 Å². The molecular weight excluding hydrogens is 374 g/mol. The van der Waals surface area contributed by atoms with E-state index in [9.17, 15) is 14.4 Å². The number of benzene rings is 2. The number of nitrogens with zero attached hydrogens (tertiary/aromatic N) is 1. The van der Waals surface area contributed by atoms with E-state index >= 15 is 0 Å². The maximum Gasteiger partial charge on any atom is 0.303 e. The summed E-state index contributed by atoms with van der Waals surface area (Å²) >= 11 is 0. The molecule has 2 aromatic carbocycles. The zero-order chi connectivity index (χ0) is 21.0. The summed E-state index contributed by atoms with van der Waals surface area (Å²) in [6.07, 6.45) is 0.275. The highest BCUT2D eigenvalue weighted by molar-refractivity contribution is 6.02. The van der Waals surface area contributed by atoms with Crippen molar-refractivity contribution < 1.29 is 29.0 Å². The highest BCUT2D eigenvalue weighted by atomic mass is 16.5.